The Morgan fingerprint density at radius 1 is 0.903 bits per heavy atom. The molecule has 156 valence electrons. The monoisotopic (exact) mass is 414 g/mol. The number of carbonyl (C=O) groups excluding carboxylic acids is 2. The van der Waals surface area contributed by atoms with Gasteiger partial charge in [0.05, 0.1) is 24.4 Å². The van der Waals surface area contributed by atoms with Crippen molar-refractivity contribution in [2.75, 3.05) is 7.11 Å². The molecule has 31 heavy (non-hydrogen) atoms. The van der Waals surface area contributed by atoms with Crippen LogP contribution in [-0.4, -0.2) is 24.0 Å². The number of carbonyl (C=O) groups is 2. The first kappa shape index (κ1) is 20.2. The van der Waals surface area contributed by atoms with Crippen LogP contribution in [-0.2, 0) is 4.79 Å². The summed E-state index contributed by atoms with van der Waals surface area (Å²) in [5, 5.41) is 1.55. The number of para-hydroxylation sites is 1. The molecule has 0 spiro atoms. The van der Waals surface area contributed by atoms with Crippen LogP contribution in [0.15, 0.2) is 84.9 Å². The van der Waals surface area contributed by atoms with Crippen LogP contribution >= 0.6 is 0 Å². The van der Waals surface area contributed by atoms with Crippen molar-refractivity contribution in [3.63, 3.8) is 0 Å². The Morgan fingerprint density at radius 3 is 2.26 bits per heavy atom. The molecular formula is C25H22N2O4. The summed E-state index contributed by atoms with van der Waals surface area (Å²) in [6, 6.07) is 23.3. The van der Waals surface area contributed by atoms with Gasteiger partial charge in [0.2, 0.25) is 5.91 Å². The first-order chi connectivity index (χ1) is 15.1. The zero-order valence-electron chi connectivity index (χ0n) is 17.2. The van der Waals surface area contributed by atoms with Crippen LogP contribution in [0, 0.1) is 0 Å². The molecule has 3 aromatic carbocycles. The molecule has 1 N–H and O–H groups in total. The summed E-state index contributed by atoms with van der Waals surface area (Å²) in [7, 11) is 1.61. The zero-order chi connectivity index (χ0) is 21.8. The highest BCUT2D eigenvalue weighted by Gasteiger charge is 2.30. The van der Waals surface area contributed by atoms with Crippen LogP contribution in [0.4, 0.5) is 0 Å². The second-order valence-corrected chi connectivity index (χ2v) is 7.05. The molecule has 3 aromatic rings. The van der Waals surface area contributed by atoms with Gasteiger partial charge < -0.3 is 9.47 Å². The lowest BCUT2D eigenvalue weighted by Crippen LogP contribution is -2.37. The molecule has 1 atom stereocenters. The Balaban J connectivity index is 1.65. The average Bonchev–Trinajstić information content (AvgIpc) is 3.26. The lowest BCUT2D eigenvalue weighted by Gasteiger charge is -2.24. The molecule has 0 saturated heterocycles. The number of nitrogens with zero attached hydrogens (tertiary/aromatic N) is 1. The zero-order valence-corrected chi connectivity index (χ0v) is 17.2. The van der Waals surface area contributed by atoms with E-state index in [9.17, 15) is 9.59 Å². The maximum atomic E-state index is 12.6. The summed E-state index contributed by atoms with van der Waals surface area (Å²) in [6.07, 6.45) is 1.94. The van der Waals surface area contributed by atoms with E-state index in [-0.39, 0.29) is 11.9 Å². The molecule has 1 aliphatic rings. The predicted molar refractivity (Wildman–Crippen MR) is 117 cm³/mol. The second-order valence-electron chi connectivity index (χ2n) is 7.05. The molecule has 1 amide bonds. The van der Waals surface area contributed by atoms with E-state index in [1.54, 1.807) is 48.5 Å². The van der Waals surface area contributed by atoms with Crippen molar-refractivity contribution in [3.8, 4) is 11.5 Å². The van der Waals surface area contributed by atoms with Crippen LogP contribution in [0.1, 0.15) is 34.5 Å². The van der Waals surface area contributed by atoms with Gasteiger partial charge in [-0.2, -0.15) is 0 Å². The summed E-state index contributed by atoms with van der Waals surface area (Å²) >= 11 is 0. The molecule has 0 bridgehead atoms. The molecule has 0 unspecified atom stereocenters. The normalized spacial score (nSPS) is 15.1. The van der Waals surface area contributed by atoms with Gasteiger partial charge in [0.1, 0.15) is 11.5 Å². The van der Waals surface area contributed by atoms with Crippen molar-refractivity contribution in [1.29, 1.82) is 0 Å². The summed E-state index contributed by atoms with van der Waals surface area (Å²) in [6.45, 7) is 1.50. The Kier molecular flexibility index (Phi) is 5.71. The van der Waals surface area contributed by atoms with Gasteiger partial charge in [0, 0.05) is 12.5 Å². The van der Waals surface area contributed by atoms with Crippen molar-refractivity contribution < 1.29 is 19.1 Å². The first-order valence-electron chi connectivity index (χ1n) is 9.85. The fourth-order valence-electron chi connectivity index (χ4n) is 3.45. The number of methoxy groups -OCH3 is 1. The summed E-state index contributed by atoms with van der Waals surface area (Å²) < 4.78 is 10.9. The lowest BCUT2D eigenvalue weighted by molar-refractivity contribution is -0.132. The van der Waals surface area contributed by atoms with Crippen LogP contribution in [0.25, 0.3) is 5.70 Å². The number of hydrogen-bond acceptors (Lipinski definition) is 5. The van der Waals surface area contributed by atoms with Gasteiger partial charge in [-0.25, -0.2) is 9.80 Å². The third kappa shape index (κ3) is 4.28. The smallest absolute Gasteiger partial charge is 0.343 e. The van der Waals surface area contributed by atoms with Gasteiger partial charge >= 0.3 is 5.97 Å². The van der Waals surface area contributed by atoms with Crippen molar-refractivity contribution in [2.24, 2.45) is 0 Å². The van der Waals surface area contributed by atoms with Crippen LogP contribution in [0.5, 0.6) is 11.5 Å². The third-order valence-electron chi connectivity index (χ3n) is 5.03. The molecule has 0 saturated carbocycles. The fourth-order valence-corrected chi connectivity index (χ4v) is 3.45. The van der Waals surface area contributed by atoms with Crippen molar-refractivity contribution in [3.05, 3.63) is 102 Å². The van der Waals surface area contributed by atoms with E-state index in [4.69, 9.17) is 9.47 Å². The highest BCUT2D eigenvalue weighted by atomic mass is 16.5. The number of hydrogen-bond donors (Lipinski definition) is 1. The topological polar surface area (TPSA) is 67.9 Å². The SMILES string of the molecule is COc1ccc([C@@H]2C=C(c3ccccc3OC(=O)c3ccccc3)NN2C(C)=O)cc1. The van der Waals surface area contributed by atoms with E-state index >= 15 is 0 Å². The summed E-state index contributed by atoms with van der Waals surface area (Å²) in [4.78, 5) is 24.9. The van der Waals surface area contributed by atoms with Crippen LogP contribution in [0.3, 0.4) is 0 Å². The fraction of sp³-hybridized carbons (Fsp3) is 0.120. The molecule has 6 nitrogen and oxygen atoms in total. The third-order valence-corrected chi connectivity index (χ3v) is 5.03. The predicted octanol–water partition coefficient (Wildman–Crippen LogP) is 4.36. The molecule has 0 radical (unpaired) electrons. The molecule has 4 rings (SSSR count). The number of hydrazine groups is 1. The molecular weight excluding hydrogens is 392 g/mol. The molecule has 0 aromatic heterocycles. The minimum Gasteiger partial charge on any atom is -0.497 e. The summed E-state index contributed by atoms with van der Waals surface area (Å²) in [5.74, 6) is 0.577. The van der Waals surface area contributed by atoms with Crippen LogP contribution in [0.2, 0.25) is 0 Å². The van der Waals surface area contributed by atoms with Gasteiger partial charge in [-0.15, -0.1) is 0 Å². The number of ether oxygens (including phenoxy) is 2. The van der Waals surface area contributed by atoms with E-state index in [0.29, 0.717) is 22.6 Å². The summed E-state index contributed by atoms with van der Waals surface area (Å²) in [5.41, 5.74) is 5.93. The molecule has 0 fully saturated rings. The van der Waals surface area contributed by atoms with Gasteiger partial charge in [-0.1, -0.05) is 42.5 Å². The molecule has 1 aliphatic heterocycles. The largest absolute Gasteiger partial charge is 0.497 e. The van der Waals surface area contributed by atoms with Gasteiger partial charge in [-0.3, -0.25) is 10.2 Å². The highest BCUT2D eigenvalue weighted by Crippen LogP contribution is 2.35. The van der Waals surface area contributed by atoms with E-state index in [1.165, 1.54) is 6.92 Å². The van der Waals surface area contributed by atoms with E-state index in [1.807, 2.05) is 48.5 Å². The van der Waals surface area contributed by atoms with E-state index in [0.717, 1.165) is 11.3 Å². The van der Waals surface area contributed by atoms with Gasteiger partial charge in [-0.05, 0) is 48.0 Å². The lowest BCUT2D eigenvalue weighted by atomic mass is 10.0. The van der Waals surface area contributed by atoms with Gasteiger partial charge in [0.15, 0.2) is 0 Å². The Hall–Kier alpha value is -4.06. The highest BCUT2D eigenvalue weighted by molar-refractivity contribution is 5.92. The minimum absolute atomic E-state index is 0.133. The van der Waals surface area contributed by atoms with Crippen molar-refractivity contribution in [1.82, 2.24) is 10.4 Å². The minimum atomic E-state index is -0.443. The Bertz CT molecular complexity index is 1120. The quantitative estimate of drug-likeness (QED) is 0.496. The van der Waals surface area contributed by atoms with Gasteiger partial charge in [0.25, 0.3) is 0 Å². The van der Waals surface area contributed by atoms with E-state index in [2.05, 4.69) is 5.43 Å². The average molecular weight is 414 g/mol. The number of benzene rings is 3. The molecule has 1 heterocycles. The Labute approximate surface area is 180 Å². The molecule has 6 heteroatoms. The second kappa shape index (κ2) is 8.75. The first-order valence-corrected chi connectivity index (χ1v) is 9.85. The van der Waals surface area contributed by atoms with E-state index < -0.39 is 5.97 Å². The van der Waals surface area contributed by atoms with Crippen LogP contribution < -0.4 is 14.9 Å². The molecule has 0 aliphatic carbocycles. The number of nitrogens with one attached hydrogen (secondary N) is 1. The Morgan fingerprint density at radius 2 is 1.58 bits per heavy atom. The number of rotatable bonds is 5. The number of esters is 1. The maximum absolute atomic E-state index is 12.6. The number of amides is 1. The van der Waals surface area contributed by atoms with Crippen molar-refractivity contribution in [2.45, 2.75) is 13.0 Å². The maximum Gasteiger partial charge on any atom is 0.343 e. The van der Waals surface area contributed by atoms with Crippen molar-refractivity contribution >= 4 is 17.6 Å². The standard InChI is InChI=1S/C25H22N2O4/c1-17(28)27-23(18-12-14-20(30-2)15-13-18)16-22(26-27)21-10-6-7-11-24(21)31-25(29)19-8-4-3-5-9-19/h3-16,23,26H,1-2H3/t23-/m0/s1.